The minimum atomic E-state index is -4.73. The highest BCUT2D eigenvalue weighted by atomic mass is 19.4. The van der Waals surface area contributed by atoms with Crippen molar-refractivity contribution in [1.82, 2.24) is 0 Å². The lowest BCUT2D eigenvalue weighted by molar-refractivity contribution is -0.137. The number of halogens is 6. The molecule has 2 atom stereocenters. The third-order valence-electron chi connectivity index (χ3n) is 5.25. The molecule has 1 fully saturated rings. The molecule has 0 radical (unpaired) electrons. The van der Waals surface area contributed by atoms with E-state index in [4.69, 9.17) is 9.90 Å². The van der Waals surface area contributed by atoms with Gasteiger partial charge in [-0.15, -0.1) is 0 Å². The summed E-state index contributed by atoms with van der Waals surface area (Å²) in [6.45, 7) is -0.250. The van der Waals surface area contributed by atoms with Gasteiger partial charge in [0.25, 0.3) is 6.47 Å². The Morgan fingerprint density at radius 3 is 2.24 bits per heavy atom. The van der Waals surface area contributed by atoms with Crippen LogP contribution in [0.3, 0.4) is 0 Å². The molecule has 0 spiro atoms. The average molecular weight is 476 g/mol. The van der Waals surface area contributed by atoms with Gasteiger partial charge in [0.05, 0.1) is 11.3 Å². The zero-order valence-electron chi connectivity index (χ0n) is 17.4. The van der Waals surface area contributed by atoms with Crippen molar-refractivity contribution in [3.8, 4) is 0 Å². The first-order valence-electron chi connectivity index (χ1n) is 9.81. The van der Waals surface area contributed by atoms with Gasteiger partial charge in [0.15, 0.2) is 0 Å². The van der Waals surface area contributed by atoms with Crippen LogP contribution in [0.5, 0.6) is 0 Å². The Balaban J connectivity index is 0.00000122. The summed E-state index contributed by atoms with van der Waals surface area (Å²) in [6, 6.07) is 8.58. The van der Waals surface area contributed by atoms with Crippen LogP contribution in [0.15, 0.2) is 42.5 Å². The smallest absolute Gasteiger partial charge is 0.416 e. The molecular formula is C22H22F6N2O3. The highest BCUT2D eigenvalue weighted by Crippen LogP contribution is 2.45. The topological polar surface area (TPSA) is 78.4 Å². The van der Waals surface area contributed by atoms with Crippen molar-refractivity contribution < 1.29 is 41.0 Å². The highest BCUT2D eigenvalue weighted by Gasteiger charge is 2.44. The predicted octanol–water partition coefficient (Wildman–Crippen LogP) is 5.74. The lowest BCUT2D eigenvalue weighted by Gasteiger charge is -2.34. The fraction of sp³-hybridized carbons (Fsp3) is 0.364. The van der Waals surface area contributed by atoms with E-state index in [-0.39, 0.29) is 19.0 Å². The van der Waals surface area contributed by atoms with Crippen molar-refractivity contribution in [3.05, 3.63) is 59.4 Å². The Labute approximate surface area is 185 Å². The van der Waals surface area contributed by atoms with Gasteiger partial charge in [0.1, 0.15) is 5.82 Å². The molecule has 180 valence electrons. The molecule has 1 saturated carbocycles. The van der Waals surface area contributed by atoms with Gasteiger partial charge in [-0.2, -0.15) is 13.2 Å². The monoisotopic (exact) mass is 476 g/mol. The first kappa shape index (κ1) is 26.0. The molecule has 3 N–H and O–H groups in total. The number of carbonyl (C=O) groups excluding carboxylic acids is 1. The first-order valence-corrected chi connectivity index (χ1v) is 9.81. The zero-order chi connectivity index (χ0) is 24.8. The second kappa shape index (κ2) is 10.6. The van der Waals surface area contributed by atoms with Crippen LogP contribution in [-0.4, -0.2) is 30.5 Å². The van der Waals surface area contributed by atoms with Gasteiger partial charge in [-0.3, -0.25) is 9.59 Å². The minimum Gasteiger partial charge on any atom is -0.483 e. The summed E-state index contributed by atoms with van der Waals surface area (Å²) in [5, 5.41) is 12.0. The first-order chi connectivity index (χ1) is 15.4. The summed E-state index contributed by atoms with van der Waals surface area (Å²) in [6.07, 6.45) is -5.72. The molecule has 5 nitrogen and oxygen atoms in total. The van der Waals surface area contributed by atoms with Crippen LogP contribution in [0.4, 0.5) is 37.7 Å². The Morgan fingerprint density at radius 1 is 1.12 bits per heavy atom. The van der Waals surface area contributed by atoms with E-state index in [1.807, 2.05) is 0 Å². The van der Waals surface area contributed by atoms with E-state index in [9.17, 15) is 31.1 Å². The van der Waals surface area contributed by atoms with Gasteiger partial charge in [0.2, 0.25) is 11.8 Å². The number of nitrogens with one attached hydrogen (secondary N) is 2. The van der Waals surface area contributed by atoms with Crippen LogP contribution in [0.25, 0.3) is 0 Å². The number of carbonyl (C=O) groups is 2. The number of carboxylic acid groups (broad SMARTS) is 1. The number of hydrogen-bond acceptors (Lipinski definition) is 3. The Kier molecular flexibility index (Phi) is 8.34. The minimum absolute atomic E-state index is 0.128. The fourth-order valence-corrected chi connectivity index (χ4v) is 3.72. The van der Waals surface area contributed by atoms with Crippen molar-refractivity contribution in [1.29, 1.82) is 0 Å². The van der Waals surface area contributed by atoms with Gasteiger partial charge in [-0.25, -0.2) is 13.2 Å². The van der Waals surface area contributed by atoms with E-state index in [1.54, 1.807) is 31.3 Å². The van der Waals surface area contributed by atoms with E-state index in [2.05, 4.69) is 10.6 Å². The molecule has 0 bridgehead atoms. The maximum Gasteiger partial charge on any atom is 0.416 e. The number of alkyl halides is 5. The maximum absolute atomic E-state index is 14.3. The lowest BCUT2D eigenvalue weighted by atomic mass is 9.75. The molecule has 2 aromatic carbocycles. The zero-order valence-corrected chi connectivity index (χ0v) is 17.4. The molecule has 11 heteroatoms. The summed E-state index contributed by atoms with van der Waals surface area (Å²) >= 11 is 0. The fourth-order valence-electron chi connectivity index (χ4n) is 3.72. The number of anilines is 2. The van der Waals surface area contributed by atoms with Crippen LogP contribution in [0, 0.1) is 11.7 Å². The Bertz CT molecular complexity index is 964. The van der Waals surface area contributed by atoms with Gasteiger partial charge >= 0.3 is 6.18 Å². The van der Waals surface area contributed by atoms with Crippen LogP contribution >= 0.6 is 0 Å². The summed E-state index contributed by atoms with van der Waals surface area (Å²) < 4.78 is 80.6. The van der Waals surface area contributed by atoms with Gasteiger partial charge in [-0.1, -0.05) is 12.1 Å². The predicted molar refractivity (Wildman–Crippen MR) is 110 cm³/mol. The second-order valence-corrected chi connectivity index (χ2v) is 7.55. The third kappa shape index (κ3) is 7.13. The number of hydrogen-bond donors (Lipinski definition) is 3. The molecule has 1 aliphatic rings. The molecule has 1 aliphatic carbocycles. The normalized spacial score (nSPS) is 19.6. The molecule has 0 heterocycles. The van der Waals surface area contributed by atoms with Crippen LogP contribution in [0.1, 0.15) is 36.3 Å². The summed E-state index contributed by atoms with van der Waals surface area (Å²) in [7, 11) is 1.73. The molecular weight excluding hydrogens is 454 g/mol. The third-order valence-corrected chi connectivity index (χ3v) is 5.25. The number of rotatable bonds is 4. The van der Waals surface area contributed by atoms with Gasteiger partial charge in [-0.05, 0) is 48.2 Å². The average Bonchev–Trinajstić information content (AvgIpc) is 2.74. The summed E-state index contributed by atoms with van der Waals surface area (Å²) in [4.78, 5) is 20.9. The Morgan fingerprint density at radius 2 is 1.73 bits per heavy atom. The van der Waals surface area contributed by atoms with Crippen molar-refractivity contribution in [3.63, 3.8) is 0 Å². The second-order valence-electron chi connectivity index (χ2n) is 7.55. The maximum atomic E-state index is 14.3. The van der Waals surface area contributed by atoms with Crippen molar-refractivity contribution >= 4 is 23.8 Å². The molecule has 0 saturated heterocycles. The Hall–Kier alpha value is -3.24. The molecule has 3 rings (SSSR count). The standard InChI is InChI=1S/C21H20F6N2O.CH2O2/c1-28-16-5-2-12(3-6-16)13-8-14(11-20(23,24)10-13)19(30)29-18-7-4-15(9-17(18)22)21(25,26)27;2-1-3/h2-7,9,13-14,28H,8,10-11H2,1H3,(H,29,30);1H,(H,2,3). The molecule has 1 amide bonds. The van der Waals surface area contributed by atoms with Gasteiger partial charge in [0, 0.05) is 31.5 Å². The van der Waals surface area contributed by atoms with Gasteiger partial charge < -0.3 is 15.7 Å². The van der Waals surface area contributed by atoms with E-state index >= 15 is 0 Å². The van der Waals surface area contributed by atoms with Crippen LogP contribution in [0.2, 0.25) is 0 Å². The summed E-state index contributed by atoms with van der Waals surface area (Å²) in [5.41, 5.74) is -0.204. The van der Waals surface area contributed by atoms with Crippen LogP contribution < -0.4 is 10.6 Å². The number of benzene rings is 2. The molecule has 33 heavy (non-hydrogen) atoms. The van der Waals surface area contributed by atoms with E-state index < -0.39 is 59.8 Å². The van der Waals surface area contributed by atoms with Crippen molar-refractivity contribution in [2.75, 3.05) is 17.7 Å². The lowest BCUT2D eigenvalue weighted by Crippen LogP contribution is -2.37. The molecule has 0 aliphatic heterocycles. The molecule has 2 unspecified atom stereocenters. The molecule has 2 aromatic rings. The largest absolute Gasteiger partial charge is 0.483 e. The van der Waals surface area contributed by atoms with E-state index in [1.165, 1.54) is 0 Å². The van der Waals surface area contributed by atoms with Crippen LogP contribution in [-0.2, 0) is 15.8 Å². The van der Waals surface area contributed by atoms with E-state index in [0.717, 1.165) is 11.8 Å². The van der Waals surface area contributed by atoms with Crippen molar-refractivity contribution in [2.45, 2.75) is 37.3 Å². The van der Waals surface area contributed by atoms with Crippen molar-refractivity contribution in [2.24, 2.45) is 5.92 Å². The molecule has 0 aromatic heterocycles. The van der Waals surface area contributed by atoms with E-state index in [0.29, 0.717) is 11.6 Å². The SMILES string of the molecule is CNc1ccc(C2CC(C(=O)Nc3ccc(C(F)(F)F)cc3F)CC(F)(F)C2)cc1.O=CO. The summed E-state index contributed by atoms with van der Waals surface area (Å²) in [5.74, 6) is -6.90. The quantitative estimate of drug-likeness (QED) is 0.388. The highest BCUT2D eigenvalue weighted by molar-refractivity contribution is 5.92. The number of amides is 1.